The third-order valence-corrected chi connectivity index (χ3v) is 9.35. The number of anilines is 2. The van der Waals surface area contributed by atoms with Crippen molar-refractivity contribution in [1.82, 2.24) is 19.2 Å². The van der Waals surface area contributed by atoms with E-state index in [2.05, 4.69) is 15.3 Å². The molecule has 3 aromatic rings. The second-order valence-electron chi connectivity index (χ2n) is 12.2. The zero-order chi connectivity index (χ0) is 30.0. The van der Waals surface area contributed by atoms with Crippen molar-refractivity contribution >= 4 is 22.4 Å². The van der Waals surface area contributed by atoms with Gasteiger partial charge in [-0.3, -0.25) is 9.59 Å². The van der Waals surface area contributed by atoms with E-state index >= 15 is 8.78 Å². The summed E-state index contributed by atoms with van der Waals surface area (Å²) in [5.41, 5.74) is 1.07. The summed E-state index contributed by atoms with van der Waals surface area (Å²) in [7, 11) is 1.57. The van der Waals surface area contributed by atoms with Gasteiger partial charge in [0.1, 0.15) is 11.2 Å². The summed E-state index contributed by atoms with van der Waals surface area (Å²) in [5, 5.41) is 8.40. The molecule has 0 unspecified atom stereocenters. The lowest BCUT2D eigenvalue weighted by atomic mass is 9.86. The molecule has 2 saturated heterocycles. The fourth-order valence-electron chi connectivity index (χ4n) is 6.81. The van der Waals surface area contributed by atoms with Gasteiger partial charge in [-0.2, -0.15) is 5.10 Å². The molecule has 9 nitrogen and oxygen atoms in total. The van der Waals surface area contributed by atoms with E-state index in [0.29, 0.717) is 86.8 Å². The van der Waals surface area contributed by atoms with E-state index in [1.54, 1.807) is 29.8 Å². The smallest absolute Gasteiger partial charge is 0.291 e. The van der Waals surface area contributed by atoms with Crippen LogP contribution in [0.2, 0.25) is 0 Å². The zero-order valence-electron chi connectivity index (χ0n) is 25.0. The van der Waals surface area contributed by atoms with E-state index in [-0.39, 0.29) is 23.2 Å². The van der Waals surface area contributed by atoms with Crippen molar-refractivity contribution in [2.75, 3.05) is 56.2 Å². The van der Waals surface area contributed by atoms with Gasteiger partial charge in [0.25, 0.3) is 17.0 Å². The molecule has 0 atom stereocenters. The van der Waals surface area contributed by atoms with E-state index in [9.17, 15) is 9.59 Å². The van der Waals surface area contributed by atoms with Crippen molar-refractivity contribution in [2.24, 2.45) is 13.0 Å². The Labute approximate surface area is 250 Å². The SMILES string of the molecule is Cn1nc2c3cc(N4CCOCC4)c(=O)n(c3c1=O)CCCCCCCN1CCC(CC1)C(F)(F)c1cccc(c1)CN2. The molecular weight excluding hydrogens is 554 g/mol. The number of aromatic nitrogens is 3. The van der Waals surface area contributed by atoms with Gasteiger partial charge in [-0.25, -0.2) is 13.5 Å². The average molecular weight is 597 g/mol. The summed E-state index contributed by atoms with van der Waals surface area (Å²) >= 11 is 0. The Morgan fingerprint density at radius 2 is 1.63 bits per heavy atom. The second kappa shape index (κ2) is 12.7. The molecule has 0 amide bonds. The van der Waals surface area contributed by atoms with Crippen molar-refractivity contribution in [3.8, 4) is 0 Å². The molecule has 2 aromatic heterocycles. The predicted octanol–water partition coefficient (Wildman–Crippen LogP) is 4.31. The number of alkyl halides is 2. The molecule has 232 valence electrons. The van der Waals surface area contributed by atoms with E-state index in [1.807, 2.05) is 11.0 Å². The van der Waals surface area contributed by atoms with Gasteiger partial charge in [0.15, 0.2) is 5.82 Å². The van der Waals surface area contributed by atoms with E-state index in [4.69, 9.17) is 4.74 Å². The largest absolute Gasteiger partial charge is 0.378 e. The second-order valence-corrected chi connectivity index (χ2v) is 12.2. The Morgan fingerprint density at radius 1 is 0.907 bits per heavy atom. The first kappa shape index (κ1) is 29.7. The van der Waals surface area contributed by atoms with Crippen molar-refractivity contribution < 1.29 is 13.5 Å². The van der Waals surface area contributed by atoms with E-state index < -0.39 is 11.8 Å². The van der Waals surface area contributed by atoms with Crippen LogP contribution in [0, 0.1) is 5.92 Å². The molecule has 43 heavy (non-hydrogen) atoms. The number of nitrogens with one attached hydrogen (secondary N) is 1. The number of halogens is 2. The topological polar surface area (TPSA) is 84.6 Å². The predicted molar refractivity (Wildman–Crippen MR) is 164 cm³/mol. The van der Waals surface area contributed by atoms with Crippen LogP contribution in [0.15, 0.2) is 39.9 Å². The minimum absolute atomic E-state index is 0.0397. The Morgan fingerprint density at radius 3 is 2.40 bits per heavy atom. The lowest BCUT2D eigenvalue weighted by Gasteiger charge is -2.36. The highest BCUT2D eigenvalue weighted by atomic mass is 19.3. The molecule has 1 aromatic carbocycles. The maximum absolute atomic E-state index is 15.7. The van der Waals surface area contributed by atoms with Crippen LogP contribution in [0.25, 0.3) is 10.9 Å². The molecule has 8 bridgehead atoms. The molecule has 7 rings (SSSR count). The third kappa shape index (κ3) is 6.20. The van der Waals surface area contributed by atoms with Crippen LogP contribution in [0.1, 0.15) is 56.1 Å². The lowest BCUT2D eigenvalue weighted by Crippen LogP contribution is -2.41. The van der Waals surface area contributed by atoms with Gasteiger partial charge in [-0.15, -0.1) is 0 Å². The van der Waals surface area contributed by atoms with Crippen LogP contribution in [-0.4, -0.2) is 65.2 Å². The molecular formula is C32H42F2N6O3. The Bertz CT molecular complexity index is 1560. The first-order valence-electron chi connectivity index (χ1n) is 15.7. The van der Waals surface area contributed by atoms with E-state index in [0.717, 1.165) is 38.6 Å². The van der Waals surface area contributed by atoms with Crippen LogP contribution in [0.5, 0.6) is 0 Å². The maximum Gasteiger partial charge on any atom is 0.291 e. The Kier molecular flexibility index (Phi) is 8.81. The number of hydrogen-bond donors (Lipinski definition) is 1. The molecule has 4 aliphatic rings. The number of pyridine rings is 1. The van der Waals surface area contributed by atoms with Crippen LogP contribution in [0.4, 0.5) is 20.3 Å². The summed E-state index contributed by atoms with van der Waals surface area (Å²) in [6.07, 6.45) is 5.80. The fourth-order valence-corrected chi connectivity index (χ4v) is 6.81. The third-order valence-electron chi connectivity index (χ3n) is 9.35. The van der Waals surface area contributed by atoms with Gasteiger partial charge in [0.2, 0.25) is 0 Å². The first-order valence-corrected chi connectivity index (χ1v) is 15.7. The summed E-state index contributed by atoms with van der Waals surface area (Å²) in [5.74, 6) is -3.15. The monoisotopic (exact) mass is 596 g/mol. The molecule has 0 aliphatic carbocycles. The molecule has 2 fully saturated rings. The van der Waals surface area contributed by atoms with Crippen molar-refractivity contribution in [1.29, 1.82) is 0 Å². The summed E-state index contributed by atoms with van der Waals surface area (Å²) in [6, 6.07) is 8.39. The molecule has 6 heterocycles. The fraction of sp³-hybridized carbons (Fsp3) is 0.594. The van der Waals surface area contributed by atoms with Gasteiger partial charge < -0.3 is 24.4 Å². The lowest BCUT2D eigenvalue weighted by molar-refractivity contribution is -0.0855. The first-order chi connectivity index (χ1) is 20.8. The number of benzene rings is 1. The number of piperidine rings is 1. The van der Waals surface area contributed by atoms with Crippen molar-refractivity contribution in [2.45, 2.75) is 64.0 Å². The Hall–Kier alpha value is -3.31. The van der Waals surface area contributed by atoms with Gasteiger partial charge in [-0.1, -0.05) is 37.5 Å². The molecule has 4 aliphatic heterocycles. The van der Waals surface area contributed by atoms with Crippen LogP contribution >= 0.6 is 0 Å². The van der Waals surface area contributed by atoms with Crippen molar-refractivity contribution in [3.63, 3.8) is 0 Å². The summed E-state index contributed by atoms with van der Waals surface area (Å²) < 4.78 is 39.9. The minimum Gasteiger partial charge on any atom is -0.378 e. The zero-order valence-corrected chi connectivity index (χ0v) is 25.0. The van der Waals surface area contributed by atoms with Gasteiger partial charge in [-0.05, 0) is 63.0 Å². The summed E-state index contributed by atoms with van der Waals surface area (Å²) in [6.45, 7) is 5.24. The number of hydrogen-bond acceptors (Lipinski definition) is 7. The highest BCUT2D eigenvalue weighted by Crippen LogP contribution is 2.42. The number of aryl methyl sites for hydroxylation is 2. The number of ether oxygens (including phenoxy) is 1. The number of fused-ring (bicyclic) bond motifs is 9. The highest BCUT2D eigenvalue weighted by molar-refractivity contribution is 5.91. The molecule has 11 heteroatoms. The number of nitrogens with zero attached hydrogens (tertiary/aromatic N) is 5. The molecule has 0 spiro atoms. The minimum atomic E-state index is -2.91. The van der Waals surface area contributed by atoms with Crippen LogP contribution in [0.3, 0.4) is 0 Å². The Balaban J connectivity index is 1.41. The quantitative estimate of drug-likeness (QED) is 0.448. The van der Waals surface area contributed by atoms with Crippen molar-refractivity contribution in [3.05, 3.63) is 62.2 Å². The van der Waals surface area contributed by atoms with Gasteiger partial charge in [0.05, 0.1) is 18.6 Å². The summed E-state index contributed by atoms with van der Waals surface area (Å²) in [4.78, 5) is 31.7. The van der Waals surface area contributed by atoms with Crippen LogP contribution < -0.4 is 21.3 Å². The molecule has 1 N–H and O–H groups in total. The normalized spacial score (nSPS) is 23.6. The molecule has 0 saturated carbocycles. The highest BCUT2D eigenvalue weighted by Gasteiger charge is 2.42. The molecule has 0 radical (unpaired) electrons. The van der Waals surface area contributed by atoms with E-state index in [1.165, 1.54) is 10.7 Å². The maximum atomic E-state index is 15.7. The average Bonchev–Trinajstić information content (AvgIpc) is 3.02. The van der Waals surface area contributed by atoms with Crippen LogP contribution in [-0.2, 0) is 30.8 Å². The van der Waals surface area contributed by atoms with Gasteiger partial charge in [0, 0.05) is 44.7 Å². The standard InChI is InChI=1S/C32H42F2N6O3/c1-37-31(42)28-26-21-27(39-16-18-43-19-17-39)30(41)40(28)13-6-4-2-3-5-12-38-14-10-24(11-15-38)32(33,34)25-9-7-8-23(20-25)22-35-29(26)36-37/h7-9,20-21,24H,2-6,10-19,22H2,1H3,(H,35,36). The number of morpholine rings is 1. The van der Waals surface area contributed by atoms with Gasteiger partial charge >= 0.3 is 0 Å². The number of rotatable bonds is 1.